The van der Waals surface area contributed by atoms with Crippen molar-refractivity contribution in [3.63, 3.8) is 0 Å². The monoisotopic (exact) mass is 174 g/mol. The topological polar surface area (TPSA) is 81.6 Å². The van der Waals surface area contributed by atoms with Crippen LogP contribution in [0, 0.1) is 5.92 Å². The summed E-state index contributed by atoms with van der Waals surface area (Å²) in [4.78, 5) is 10.3. The van der Waals surface area contributed by atoms with Crippen LogP contribution in [0.1, 0.15) is 6.92 Å². The summed E-state index contributed by atoms with van der Waals surface area (Å²) < 4.78 is 0. The first kappa shape index (κ1) is 9.28. The van der Waals surface area contributed by atoms with Gasteiger partial charge in [0.25, 0.3) is 0 Å². The molecule has 1 rings (SSSR count). The van der Waals surface area contributed by atoms with E-state index in [9.17, 15) is 9.90 Å². The van der Waals surface area contributed by atoms with Gasteiger partial charge >= 0.3 is 6.09 Å². The maximum Gasteiger partial charge on any atom is 0.405 e. The van der Waals surface area contributed by atoms with Crippen molar-refractivity contribution < 1.29 is 15.0 Å². The van der Waals surface area contributed by atoms with E-state index in [1.807, 2.05) is 6.92 Å². The number of rotatable bonds is 1. The van der Waals surface area contributed by atoms with Crippen LogP contribution < -0.4 is 10.6 Å². The third-order valence-corrected chi connectivity index (χ3v) is 2.13. The first-order valence-corrected chi connectivity index (χ1v) is 3.99. The molecule has 0 saturated carbocycles. The van der Waals surface area contributed by atoms with E-state index >= 15 is 0 Å². The molecular weight excluding hydrogens is 160 g/mol. The number of hydrogen-bond acceptors (Lipinski definition) is 3. The second-order valence-corrected chi connectivity index (χ2v) is 3.18. The molecule has 1 fully saturated rings. The van der Waals surface area contributed by atoms with Gasteiger partial charge in [-0.1, -0.05) is 6.92 Å². The Hall–Kier alpha value is -0.810. The molecule has 0 bridgehead atoms. The van der Waals surface area contributed by atoms with Crippen molar-refractivity contribution >= 4 is 6.09 Å². The van der Waals surface area contributed by atoms with Crippen molar-refractivity contribution in [3.05, 3.63) is 0 Å². The average Bonchev–Trinajstić information content (AvgIpc) is 1.98. The molecule has 0 aromatic carbocycles. The molecule has 5 nitrogen and oxygen atoms in total. The van der Waals surface area contributed by atoms with Gasteiger partial charge in [-0.3, -0.25) is 0 Å². The lowest BCUT2D eigenvalue weighted by Crippen LogP contribution is -2.57. The van der Waals surface area contributed by atoms with Crippen LogP contribution in [0.5, 0.6) is 0 Å². The largest absolute Gasteiger partial charge is 0.465 e. The molecule has 5 heteroatoms. The van der Waals surface area contributed by atoms with Crippen LogP contribution in [0.2, 0.25) is 0 Å². The SMILES string of the molecule is C[C@H]1CNC[C@@H](NC(=O)O)[C@H]1O. The van der Waals surface area contributed by atoms with E-state index < -0.39 is 12.2 Å². The second kappa shape index (κ2) is 3.73. The molecule has 3 atom stereocenters. The molecule has 0 aliphatic carbocycles. The van der Waals surface area contributed by atoms with E-state index in [0.29, 0.717) is 6.54 Å². The molecule has 4 N–H and O–H groups in total. The van der Waals surface area contributed by atoms with Crippen LogP contribution in [0.3, 0.4) is 0 Å². The second-order valence-electron chi connectivity index (χ2n) is 3.18. The molecule has 1 heterocycles. The molecule has 1 aliphatic heterocycles. The highest BCUT2D eigenvalue weighted by molar-refractivity contribution is 5.65. The smallest absolute Gasteiger partial charge is 0.405 e. The molecular formula is C7H14N2O3. The van der Waals surface area contributed by atoms with Crippen LogP contribution in [-0.2, 0) is 0 Å². The summed E-state index contributed by atoms with van der Waals surface area (Å²) in [7, 11) is 0. The van der Waals surface area contributed by atoms with E-state index in [0.717, 1.165) is 6.54 Å². The maximum atomic E-state index is 10.3. The summed E-state index contributed by atoms with van der Waals surface area (Å²) in [6.45, 7) is 3.12. The first-order valence-electron chi connectivity index (χ1n) is 3.99. The molecule has 0 unspecified atom stereocenters. The quantitative estimate of drug-likeness (QED) is 0.420. The van der Waals surface area contributed by atoms with Crippen molar-refractivity contribution in [2.45, 2.75) is 19.1 Å². The average molecular weight is 174 g/mol. The Labute approximate surface area is 70.8 Å². The standard InChI is InChI=1S/C7H14N2O3/c1-4-2-8-3-5(6(4)10)9-7(11)12/h4-6,8-10H,2-3H2,1H3,(H,11,12)/t4-,5+,6-/m0/s1. The highest BCUT2D eigenvalue weighted by atomic mass is 16.4. The zero-order valence-corrected chi connectivity index (χ0v) is 6.95. The fourth-order valence-electron chi connectivity index (χ4n) is 1.40. The van der Waals surface area contributed by atoms with Gasteiger partial charge in [0.2, 0.25) is 0 Å². The van der Waals surface area contributed by atoms with Gasteiger partial charge in [-0.2, -0.15) is 0 Å². The Morgan fingerprint density at radius 2 is 2.25 bits per heavy atom. The van der Waals surface area contributed by atoms with E-state index in [-0.39, 0.29) is 12.0 Å². The highest BCUT2D eigenvalue weighted by Crippen LogP contribution is 2.10. The summed E-state index contributed by atoms with van der Waals surface area (Å²) in [5, 5.41) is 23.2. The minimum absolute atomic E-state index is 0.0931. The number of piperidine rings is 1. The fraction of sp³-hybridized carbons (Fsp3) is 0.857. The Morgan fingerprint density at radius 1 is 1.58 bits per heavy atom. The van der Waals surface area contributed by atoms with Gasteiger partial charge in [0.1, 0.15) is 0 Å². The van der Waals surface area contributed by atoms with Gasteiger partial charge in [0, 0.05) is 13.1 Å². The summed E-state index contributed by atoms with van der Waals surface area (Å²) in [5.74, 6) is 0.0931. The normalized spacial score (nSPS) is 36.0. The Kier molecular flexibility index (Phi) is 2.88. The molecule has 1 amide bonds. The summed E-state index contributed by atoms with van der Waals surface area (Å²) in [5.41, 5.74) is 0. The van der Waals surface area contributed by atoms with Crippen LogP contribution >= 0.6 is 0 Å². The number of aliphatic hydroxyl groups excluding tert-OH is 1. The van der Waals surface area contributed by atoms with Crippen molar-refractivity contribution in [2.24, 2.45) is 5.92 Å². The van der Waals surface area contributed by atoms with Gasteiger partial charge < -0.3 is 20.8 Å². The number of carbonyl (C=O) groups is 1. The third kappa shape index (κ3) is 2.09. The first-order chi connectivity index (χ1) is 5.61. The van der Waals surface area contributed by atoms with E-state index in [2.05, 4.69) is 10.6 Å². The summed E-state index contributed by atoms with van der Waals surface area (Å²) in [6, 6.07) is -0.383. The predicted octanol–water partition coefficient (Wildman–Crippen LogP) is -0.777. The van der Waals surface area contributed by atoms with Crippen LogP contribution in [0.25, 0.3) is 0 Å². The fourth-order valence-corrected chi connectivity index (χ4v) is 1.40. The molecule has 0 aromatic rings. The van der Waals surface area contributed by atoms with Crippen molar-refractivity contribution in [2.75, 3.05) is 13.1 Å². The zero-order chi connectivity index (χ0) is 9.14. The lowest BCUT2D eigenvalue weighted by molar-refractivity contribution is 0.0547. The van der Waals surface area contributed by atoms with Gasteiger partial charge in [-0.25, -0.2) is 4.79 Å². The van der Waals surface area contributed by atoms with Crippen molar-refractivity contribution in [3.8, 4) is 0 Å². The highest BCUT2D eigenvalue weighted by Gasteiger charge is 2.29. The van der Waals surface area contributed by atoms with Gasteiger partial charge in [0.05, 0.1) is 12.1 Å². The molecule has 0 spiro atoms. The zero-order valence-electron chi connectivity index (χ0n) is 6.95. The van der Waals surface area contributed by atoms with Crippen LogP contribution in [0.15, 0.2) is 0 Å². The minimum Gasteiger partial charge on any atom is -0.465 e. The molecule has 1 aliphatic rings. The Morgan fingerprint density at radius 3 is 2.83 bits per heavy atom. The summed E-state index contributed by atoms with van der Waals surface area (Å²) in [6.07, 6.45) is -1.67. The molecule has 0 radical (unpaired) electrons. The number of aliphatic hydroxyl groups is 1. The van der Waals surface area contributed by atoms with Crippen molar-refractivity contribution in [1.82, 2.24) is 10.6 Å². The van der Waals surface area contributed by atoms with Gasteiger partial charge in [0.15, 0.2) is 0 Å². The number of carboxylic acid groups (broad SMARTS) is 1. The van der Waals surface area contributed by atoms with E-state index in [1.54, 1.807) is 0 Å². The summed E-state index contributed by atoms with van der Waals surface area (Å²) >= 11 is 0. The Bertz CT molecular complexity index is 174. The maximum absolute atomic E-state index is 10.3. The lowest BCUT2D eigenvalue weighted by Gasteiger charge is -2.33. The number of hydrogen-bond donors (Lipinski definition) is 4. The molecule has 0 aromatic heterocycles. The minimum atomic E-state index is -1.09. The van der Waals surface area contributed by atoms with Gasteiger partial charge in [-0.15, -0.1) is 0 Å². The van der Waals surface area contributed by atoms with E-state index in [4.69, 9.17) is 5.11 Å². The van der Waals surface area contributed by atoms with Crippen LogP contribution in [0.4, 0.5) is 4.79 Å². The van der Waals surface area contributed by atoms with Crippen molar-refractivity contribution in [1.29, 1.82) is 0 Å². The molecule has 70 valence electrons. The third-order valence-electron chi connectivity index (χ3n) is 2.13. The molecule has 12 heavy (non-hydrogen) atoms. The van der Waals surface area contributed by atoms with Gasteiger partial charge in [-0.05, 0) is 5.92 Å². The Balaban J connectivity index is 2.46. The number of amides is 1. The number of nitrogens with one attached hydrogen (secondary N) is 2. The lowest BCUT2D eigenvalue weighted by atomic mass is 9.94. The molecule has 1 saturated heterocycles. The predicted molar refractivity (Wildman–Crippen MR) is 43.0 cm³/mol. The van der Waals surface area contributed by atoms with Crippen LogP contribution in [-0.4, -0.2) is 41.5 Å². The van der Waals surface area contributed by atoms with E-state index in [1.165, 1.54) is 0 Å².